The third-order valence-electron chi connectivity index (χ3n) is 11.4. The molecule has 0 atom stereocenters. The first-order chi connectivity index (χ1) is 17.6. The summed E-state index contributed by atoms with van der Waals surface area (Å²) in [7, 11) is 0. The molecule has 10 rings (SSSR count). The topological polar surface area (TPSA) is 32.3 Å². The number of nitrogens with one attached hydrogen (secondary N) is 1. The van der Waals surface area contributed by atoms with Crippen molar-refractivity contribution in [1.82, 2.24) is 0 Å². The van der Waals surface area contributed by atoms with E-state index in [2.05, 4.69) is 64.8 Å². The van der Waals surface area contributed by atoms with Gasteiger partial charge in [-0.25, -0.2) is 0 Å². The summed E-state index contributed by atoms with van der Waals surface area (Å²) in [4.78, 5) is 16.8. The summed E-state index contributed by atoms with van der Waals surface area (Å²) in [5.41, 5.74) is 3.58. The minimum Gasteiger partial charge on any atom is -0.334 e. The molecule has 0 saturated heterocycles. The monoisotopic (exact) mass is 480 g/mol. The molecule has 3 nitrogen and oxygen atoms in total. The third-order valence-corrected chi connectivity index (χ3v) is 11.4. The second-order valence-corrected chi connectivity index (χ2v) is 14.0. The highest BCUT2D eigenvalue weighted by atomic mass is 16.2. The number of carbonyl (C=O) groups excluding carboxylic acids is 1. The van der Waals surface area contributed by atoms with Gasteiger partial charge in [0.2, 0.25) is 5.91 Å². The number of hydrogen-bond acceptors (Lipinski definition) is 2. The van der Waals surface area contributed by atoms with Gasteiger partial charge >= 0.3 is 0 Å². The number of carbonyl (C=O) groups is 1. The number of para-hydroxylation sites is 3. The fraction of sp³-hybridized carbons (Fsp3) is 0.606. The van der Waals surface area contributed by atoms with Crippen LogP contribution in [0.4, 0.5) is 17.1 Å². The summed E-state index contributed by atoms with van der Waals surface area (Å²) < 4.78 is 0. The van der Waals surface area contributed by atoms with Crippen LogP contribution in [-0.2, 0) is 4.79 Å². The van der Waals surface area contributed by atoms with Crippen LogP contribution in [0.1, 0.15) is 77.0 Å². The Labute approximate surface area is 216 Å². The van der Waals surface area contributed by atoms with E-state index in [1.807, 2.05) is 0 Å². The lowest BCUT2D eigenvalue weighted by Crippen LogP contribution is -2.59. The average molecular weight is 481 g/mol. The Balaban J connectivity index is 1.18. The predicted molar refractivity (Wildman–Crippen MR) is 145 cm³/mol. The Morgan fingerprint density at radius 1 is 0.639 bits per heavy atom. The van der Waals surface area contributed by atoms with E-state index in [0.29, 0.717) is 5.91 Å². The molecule has 3 heteroatoms. The summed E-state index contributed by atoms with van der Waals surface area (Å²) >= 11 is 0. The number of rotatable bonds is 5. The molecule has 0 unspecified atom stereocenters. The molecule has 0 heterocycles. The summed E-state index contributed by atoms with van der Waals surface area (Å²) in [6.07, 6.45) is 15.7. The number of anilines is 3. The molecule has 8 saturated carbocycles. The minimum absolute atomic E-state index is 0.125. The number of nitrogens with zero attached hydrogens (tertiary/aromatic N) is 1. The van der Waals surface area contributed by atoms with Crippen LogP contribution < -0.4 is 10.2 Å². The molecule has 1 amide bonds. The van der Waals surface area contributed by atoms with Gasteiger partial charge in [-0.1, -0.05) is 30.3 Å². The zero-order valence-corrected chi connectivity index (χ0v) is 21.5. The van der Waals surface area contributed by atoms with Crippen LogP contribution in [0.5, 0.6) is 0 Å². The number of benzene rings is 2. The lowest BCUT2D eigenvalue weighted by molar-refractivity contribution is -0.140. The third kappa shape index (κ3) is 3.33. The first-order valence-electron chi connectivity index (χ1n) is 14.8. The second kappa shape index (κ2) is 7.85. The molecule has 2 aromatic carbocycles. The van der Waals surface area contributed by atoms with Crippen LogP contribution in [-0.4, -0.2) is 11.4 Å². The van der Waals surface area contributed by atoms with Crippen LogP contribution in [0.3, 0.4) is 0 Å². The maximum atomic E-state index is 14.1. The fourth-order valence-electron chi connectivity index (χ4n) is 11.0. The summed E-state index contributed by atoms with van der Waals surface area (Å²) in [6.45, 7) is 0. The Hall–Kier alpha value is -2.29. The van der Waals surface area contributed by atoms with Crippen molar-refractivity contribution in [3.8, 4) is 0 Å². The van der Waals surface area contributed by atoms with Crippen LogP contribution in [0.2, 0.25) is 0 Å². The molecule has 0 aliphatic heterocycles. The zero-order chi connectivity index (χ0) is 23.9. The molecule has 0 spiro atoms. The Bertz CT molecular complexity index is 1100. The van der Waals surface area contributed by atoms with Crippen molar-refractivity contribution < 1.29 is 4.79 Å². The highest BCUT2D eigenvalue weighted by Crippen LogP contribution is 2.62. The standard InChI is InChI=1S/C33H40N2O/c36-31(32-16-22-10-23(17-32)12-24(11-22)18-32)34-29-8-4-5-9-30(29)35(28-6-2-1-3-7-28)33-19-25-13-26(20-33)15-27(14-25)21-33/h1-9,22-27H,10-21H2,(H,34,36). The molecule has 8 bridgehead atoms. The van der Waals surface area contributed by atoms with E-state index in [1.54, 1.807) is 0 Å². The molecule has 188 valence electrons. The van der Waals surface area contributed by atoms with Gasteiger partial charge in [0.1, 0.15) is 0 Å². The fourth-order valence-corrected chi connectivity index (χ4v) is 11.0. The maximum Gasteiger partial charge on any atom is 0.230 e. The molecule has 0 radical (unpaired) electrons. The van der Waals surface area contributed by atoms with Gasteiger partial charge in [0, 0.05) is 11.2 Å². The van der Waals surface area contributed by atoms with Crippen molar-refractivity contribution in [2.75, 3.05) is 10.2 Å². The van der Waals surface area contributed by atoms with Gasteiger partial charge in [-0.05, 0) is 137 Å². The lowest BCUT2D eigenvalue weighted by Gasteiger charge is -2.61. The normalized spacial score (nSPS) is 41.4. The van der Waals surface area contributed by atoms with E-state index in [4.69, 9.17) is 0 Å². The molecular weight excluding hydrogens is 440 g/mol. The molecule has 1 N–H and O–H groups in total. The van der Waals surface area contributed by atoms with Crippen LogP contribution in [0, 0.1) is 40.9 Å². The van der Waals surface area contributed by atoms with Crippen LogP contribution >= 0.6 is 0 Å². The first kappa shape index (κ1) is 21.8. The van der Waals surface area contributed by atoms with Crippen molar-refractivity contribution in [1.29, 1.82) is 0 Å². The Morgan fingerprint density at radius 3 is 1.67 bits per heavy atom. The van der Waals surface area contributed by atoms with Crippen LogP contribution in [0.25, 0.3) is 0 Å². The number of amides is 1. The SMILES string of the molecule is O=C(Nc1ccccc1N(c1ccccc1)C12CC3CC(CC(C3)C1)C2)C12CC3CC(CC(C3)C1)C2. The molecule has 0 aromatic heterocycles. The molecule has 8 fully saturated rings. The smallest absolute Gasteiger partial charge is 0.230 e. The molecular formula is C33H40N2O. The van der Waals surface area contributed by atoms with Crippen molar-refractivity contribution in [2.24, 2.45) is 40.9 Å². The first-order valence-corrected chi connectivity index (χ1v) is 14.8. The van der Waals surface area contributed by atoms with Gasteiger partial charge in [-0.3, -0.25) is 4.79 Å². The van der Waals surface area contributed by atoms with Gasteiger partial charge in [-0.15, -0.1) is 0 Å². The summed E-state index contributed by atoms with van der Waals surface area (Å²) in [6, 6.07) is 19.8. The van der Waals surface area contributed by atoms with Gasteiger partial charge in [-0.2, -0.15) is 0 Å². The van der Waals surface area contributed by atoms with E-state index in [1.165, 1.54) is 69.2 Å². The van der Waals surface area contributed by atoms with E-state index in [-0.39, 0.29) is 11.0 Å². The van der Waals surface area contributed by atoms with Gasteiger partial charge < -0.3 is 10.2 Å². The summed E-state index contributed by atoms with van der Waals surface area (Å²) in [5.74, 6) is 5.27. The van der Waals surface area contributed by atoms with Crippen molar-refractivity contribution >= 4 is 23.0 Å². The van der Waals surface area contributed by atoms with Gasteiger partial charge in [0.15, 0.2) is 0 Å². The Kier molecular flexibility index (Phi) is 4.75. The van der Waals surface area contributed by atoms with E-state index >= 15 is 0 Å². The van der Waals surface area contributed by atoms with E-state index < -0.39 is 0 Å². The van der Waals surface area contributed by atoms with E-state index in [9.17, 15) is 4.79 Å². The zero-order valence-electron chi connectivity index (χ0n) is 21.5. The molecule has 8 aliphatic rings. The highest BCUT2D eigenvalue weighted by Gasteiger charge is 2.56. The average Bonchev–Trinajstić information content (AvgIpc) is 2.84. The largest absolute Gasteiger partial charge is 0.334 e. The highest BCUT2D eigenvalue weighted by molar-refractivity contribution is 5.99. The summed E-state index contributed by atoms with van der Waals surface area (Å²) in [5, 5.41) is 3.57. The van der Waals surface area contributed by atoms with Gasteiger partial charge in [0.25, 0.3) is 0 Å². The predicted octanol–water partition coefficient (Wildman–Crippen LogP) is 7.95. The minimum atomic E-state index is -0.125. The van der Waals surface area contributed by atoms with E-state index in [0.717, 1.165) is 60.5 Å². The lowest BCUT2D eigenvalue weighted by atomic mass is 9.49. The van der Waals surface area contributed by atoms with Crippen molar-refractivity contribution in [3.63, 3.8) is 0 Å². The van der Waals surface area contributed by atoms with Crippen molar-refractivity contribution in [3.05, 3.63) is 54.6 Å². The second-order valence-electron chi connectivity index (χ2n) is 14.0. The quantitative estimate of drug-likeness (QED) is 0.471. The van der Waals surface area contributed by atoms with Gasteiger partial charge in [0.05, 0.1) is 16.8 Å². The molecule has 36 heavy (non-hydrogen) atoms. The van der Waals surface area contributed by atoms with Crippen LogP contribution in [0.15, 0.2) is 54.6 Å². The molecule has 8 aliphatic carbocycles. The van der Waals surface area contributed by atoms with Crippen molar-refractivity contribution in [2.45, 2.75) is 82.6 Å². The number of hydrogen-bond donors (Lipinski definition) is 1. The Morgan fingerprint density at radius 2 is 1.11 bits per heavy atom. The maximum absolute atomic E-state index is 14.1. The molecule has 2 aromatic rings.